The first-order valence-corrected chi connectivity index (χ1v) is 7.97. The quantitative estimate of drug-likeness (QED) is 0.780. The Morgan fingerprint density at radius 1 is 1.15 bits per heavy atom. The number of carbonyl (C=O) groups is 1. The van der Waals surface area contributed by atoms with Crippen LogP contribution in [0.2, 0.25) is 0 Å². The molecule has 0 aliphatic rings. The number of ether oxygens (including phenoxy) is 2. The molecule has 0 aliphatic heterocycles. The SMILES string of the molecule is CCOC(=O)CS(=O)(=O)c1ccc(OC(C)(C)C)cc1. The van der Waals surface area contributed by atoms with Crippen molar-refractivity contribution in [3.8, 4) is 5.75 Å². The van der Waals surface area contributed by atoms with E-state index < -0.39 is 21.6 Å². The summed E-state index contributed by atoms with van der Waals surface area (Å²) in [4.78, 5) is 11.3. The molecule has 0 saturated heterocycles. The summed E-state index contributed by atoms with van der Waals surface area (Å²) in [6.07, 6.45) is 0. The number of sulfone groups is 1. The van der Waals surface area contributed by atoms with Gasteiger partial charge in [-0.3, -0.25) is 4.79 Å². The van der Waals surface area contributed by atoms with Crippen LogP contribution in [-0.4, -0.2) is 32.3 Å². The van der Waals surface area contributed by atoms with Gasteiger partial charge in [-0.1, -0.05) is 0 Å². The molecule has 20 heavy (non-hydrogen) atoms. The van der Waals surface area contributed by atoms with Crippen LogP contribution < -0.4 is 4.74 Å². The highest BCUT2D eigenvalue weighted by atomic mass is 32.2. The van der Waals surface area contributed by atoms with Gasteiger partial charge in [-0.2, -0.15) is 0 Å². The molecular formula is C14H20O5S. The van der Waals surface area contributed by atoms with Gasteiger partial charge in [0.2, 0.25) is 0 Å². The van der Waals surface area contributed by atoms with E-state index in [1.54, 1.807) is 19.1 Å². The lowest BCUT2D eigenvalue weighted by Crippen LogP contribution is -2.23. The van der Waals surface area contributed by atoms with Crippen LogP contribution in [-0.2, 0) is 19.4 Å². The van der Waals surface area contributed by atoms with Crippen molar-refractivity contribution in [3.63, 3.8) is 0 Å². The minimum absolute atomic E-state index is 0.0758. The number of carbonyl (C=O) groups excluding carboxylic acids is 1. The number of benzene rings is 1. The molecular weight excluding hydrogens is 280 g/mol. The second-order valence-electron chi connectivity index (χ2n) is 5.25. The fourth-order valence-electron chi connectivity index (χ4n) is 1.51. The van der Waals surface area contributed by atoms with Crippen molar-refractivity contribution in [1.29, 1.82) is 0 Å². The lowest BCUT2D eigenvalue weighted by molar-refractivity contribution is -0.139. The summed E-state index contributed by atoms with van der Waals surface area (Å²) in [6, 6.07) is 6.00. The summed E-state index contributed by atoms with van der Waals surface area (Å²) in [5.74, 6) is -0.824. The zero-order chi connectivity index (χ0) is 15.4. The van der Waals surface area contributed by atoms with E-state index in [1.807, 2.05) is 20.8 Å². The molecule has 5 nitrogen and oxygen atoms in total. The zero-order valence-corrected chi connectivity index (χ0v) is 13.0. The first-order valence-electron chi connectivity index (χ1n) is 6.31. The summed E-state index contributed by atoms with van der Waals surface area (Å²) in [6.45, 7) is 7.49. The van der Waals surface area contributed by atoms with Crippen LogP contribution in [0.1, 0.15) is 27.7 Å². The molecule has 112 valence electrons. The highest BCUT2D eigenvalue weighted by molar-refractivity contribution is 7.92. The van der Waals surface area contributed by atoms with Crippen molar-refractivity contribution in [2.45, 2.75) is 38.2 Å². The topological polar surface area (TPSA) is 69.7 Å². The highest BCUT2D eigenvalue weighted by Crippen LogP contribution is 2.21. The van der Waals surface area contributed by atoms with Gasteiger partial charge in [-0.15, -0.1) is 0 Å². The minimum Gasteiger partial charge on any atom is -0.488 e. The predicted molar refractivity (Wildman–Crippen MR) is 75.5 cm³/mol. The van der Waals surface area contributed by atoms with Gasteiger partial charge in [0, 0.05) is 0 Å². The van der Waals surface area contributed by atoms with Crippen molar-refractivity contribution in [2.24, 2.45) is 0 Å². The fraction of sp³-hybridized carbons (Fsp3) is 0.500. The average Bonchev–Trinajstić information content (AvgIpc) is 2.26. The number of hydrogen-bond acceptors (Lipinski definition) is 5. The molecule has 0 aromatic heterocycles. The highest BCUT2D eigenvalue weighted by Gasteiger charge is 2.20. The van der Waals surface area contributed by atoms with Crippen LogP contribution in [0.3, 0.4) is 0 Å². The average molecular weight is 300 g/mol. The molecule has 1 aromatic carbocycles. The third-order valence-electron chi connectivity index (χ3n) is 2.22. The Morgan fingerprint density at radius 2 is 1.70 bits per heavy atom. The monoisotopic (exact) mass is 300 g/mol. The standard InChI is InChI=1S/C14H20O5S/c1-5-18-13(15)10-20(16,17)12-8-6-11(7-9-12)19-14(2,3)4/h6-9H,5,10H2,1-4H3. The van der Waals surface area contributed by atoms with Crippen molar-refractivity contribution >= 4 is 15.8 Å². The number of esters is 1. The van der Waals surface area contributed by atoms with Gasteiger partial charge in [0.25, 0.3) is 0 Å². The van der Waals surface area contributed by atoms with Crippen molar-refractivity contribution in [2.75, 3.05) is 12.4 Å². The van der Waals surface area contributed by atoms with E-state index in [1.165, 1.54) is 12.1 Å². The summed E-state index contributed by atoms with van der Waals surface area (Å²) in [7, 11) is -3.67. The largest absolute Gasteiger partial charge is 0.488 e. The number of hydrogen-bond donors (Lipinski definition) is 0. The van der Waals surface area contributed by atoms with Crippen LogP contribution in [0.25, 0.3) is 0 Å². The molecule has 0 heterocycles. The number of rotatable bonds is 5. The summed E-state index contributed by atoms with van der Waals surface area (Å²) in [5.41, 5.74) is -0.356. The maximum atomic E-state index is 12.0. The summed E-state index contributed by atoms with van der Waals surface area (Å²) >= 11 is 0. The Morgan fingerprint density at radius 3 is 2.15 bits per heavy atom. The van der Waals surface area contributed by atoms with Gasteiger partial charge in [0.1, 0.15) is 11.4 Å². The van der Waals surface area contributed by atoms with Gasteiger partial charge < -0.3 is 9.47 Å². The van der Waals surface area contributed by atoms with Gasteiger partial charge in [-0.05, 0) is 52.0 Å². The van der Waals surface area contributed by atoms with Crippen molar-refractivity contribution < 1.29 is 22.7 Å². The van der Waals surface area contributed by atoms with Crippen LogP contribution in [0.4, 0.5) is 0 Å². The zero-order valence-electron chi connectivity index (χ0n) is 12.2. The lowest BCUT2D eigenvalue weighted by atomic mass is 10.2. The Balaban J connectivity index is 2.84. The summed E-state index contributed by atoms with van der Waals surface area (Å²) in [5, 5.41) is 0. The molecule has 0 spiro atoms. The van der Waals surface area contributed by atoms with Crippen molar-refractivity contribution in [3.05, 3.63) is 24.3 Å². The van der Waals surface area contributed by atoms with E-state index in [-0.39, 0.29) is 17.1 Å². The van der Waals surface area contributed by atoms with E-state index in [2.05, 4.69) is 4.74 Å². The predicted octanol–water partition coefficient (Wildman–Crippen LogP) is 2.20. The Kier molecular flexibility index (Phi) is 5.16. The first-order chi connectivity index (χ1) is 9.14. The first kappa shape index (κ1) is 16.5. The molecule has 0 amide bonds. The maximum Gasteiger partial charge on any atom is 0.321 e. The molecule has 1 aromatic rings. The Labute approximate surface area is 119 Å². The Bertz CT molecular complexity index is 552. The van der Waals surface area contributed by atoms with Crippen LogP contribution in [0.15, 0.2) is 29.2 Å². The third-order valence-corrected chi connectivity index (χ3v) is 3.83. The molecule has 0 N–H and O–H groups in total. The molecule has 0 fully saturated rings. The smallest absolute Gasteiger partial charge is 0.321 e. The molecule has 0 aliphatic carbocycles. The van der Waals surface area contributed by atoms with Gasteiger partial charge in [0.05, 0.1) is 11.5 Å². The van der Waals surface area contributed by atoms with Gasteiger partial charge in [0.15, 0.2) is 15.6 Å². The van der Waals surface area contributed by atoms with Crippen LogP contribution in [0.5, 0.6) is 5.75 Å². The summed E-state index contributed by atoms with van der Waals surface area (Å²) < 4.78 is 34.2. The second kappa shape index (κ2) is 6.26. The molecule has 0 atom stereocenters. The van der Waals surface area contributed by atoms with Crippen molar-refractivity contribution in [1.82, 2.24) is 0 Å². The minimum atomic E-state index is -3.67. The molecule has 6 heteroatoms. The van der Waals surface area contributed by atoms with E-state index in [0.29, 0.717) is 5.75 Å². The molecule has 0 unspecified atom stereocenters. The second-order valence-corrected chi connectivity index (χ2v) is 7.24. The lowest BCUT2D eigenvalue weighted by Gasteiger charge is -2.21. The Hall–Kier alpha value is -1.56. The maximum absolute atomic E-state index is 12.0. The van der Waals surface area contributed by atoms with E-state index in [4.69, 9.17) is 4.74 Å². The molecule has 1 rings (SSSR count). The normalized spacial score (nSPS) is 12.0. The third kappa shape index (κ3) is 5.21. The molecule has 0 saturated carbocycles. The van der Waals surface area contributed by atoms with Gasteiger partial charge >= 0.3 is 5.97 Å². The van der Waals surface area contributed by atoms with E-state index in [0.717, 1.165) is 0 Å². The van der Waals surface area contributed by atoms with Crippen LogP contribution >= 0.6 is 0 Å². The van der Waals surface area contributed by atoms with E-state index in [9.17, 15) is 13.2 Å². The van der Waals surface area contributed by atoms with E-state index >= 15 is 0 Å². The molecule has 0 radical (unpaired) electrons. The molecule has 0 bridgehead atoms. The fourth-order valence-corrected chi connectivity index (χ4v) is 2.62. The van der Waals surface area contributed by atoms with Crippen LogP contribution in [0, 0.1) is 0 Å². The van der Waals surface area contributed by atoms with Gasteiger partial charge in [-0.25, -0.2) is 8.42 Å².